The molecule has 0 bridgehead atoms. The van der Waals surface area contributed by atoms with E-state index in [1.165, 1.54) is 6.33 Å². The fraction of sp³-hybridized carbons (Fsp3) is 0.143. The van der Waals surface area contributed by atoms with Crippen LogP contribution >= 0.6 is 23.2 Å². The first-order valence-corrected chi connectivity index (χ1v) is 6.87. The van der Waals surface area contributed by atoms with Gasteiger partial charge in [0.15, 0.2) is 0 Å². The fourth-order valence-corrected chi connectivity index (χ4v) is 2.71. The average molecular weight is 318 g/mol. The molecule has 0 aliphatic rings. The van der Waals surface area contributed by atoms with Gasteiger partial charge in [-0.3, -0.25) is 0 Å². The quantitative estimate of drug-likeness (QED) is 0.726. The minimum atomic E-state index is -0.583. The molecule has 7 heteroatoms. The lowest BCUT2D eigenvalue weighted by atomic mass is 9.96. The summed E-state index contributed by atoms with van der Waals surface area (Å²) in [6.07, 6.45) is 1.41. The second-order valence-electron chi connectivity index (χ2n) is 4.52. The standard InChI is InChI=1S/C14H9Cl2N5/c1-8-4-13(21-14(20-8)18-7-19-21)11(6-17)10-3-2-9(15)5-12(10)16/h2-5,7,11H,1H3/t11-/m1/s1. The number of rotatable bonds is 2. The summed E-state index contributed by atoms with van der Waals surface area (Å²) in [5, 5.41) is 14.7. The van der Waals surface area contributed by atoms with E-state index in [-0.39, 0.29) is 0 Å². The first kappa shape index (κ1) is 13.8. The first-order chi connectivity index (χ1) is 10.1. The SMILES string of the molecule is Cc1cc([C@H](C#N)c2ccc(Cl)cc2Cl)n2ncnc2n1. The fourth-order valence-electron chi connectivity index (χ4n) is 2.20. The van der Waals surface area contributed by atoms with Crippen LogP contribution in [0.3, 0.4) is 0 Å². The van der Waals surface area contributed by atoms with Gasteiger partial charge in [0, 0.05) is 15.7 Å². The number of nitriles is 1. The van der Waals surface area contributed by atoms with E-state index in [4.69, 9.17) is 23.2 Å². The molecule has 0 saturated carbocycles. The van der Waals surface area contributed by atoms with Gasteiger partial charge in [-0.25, -0.2) is 4.98 Å². The highest BCUT2D eigenvalue weighted by Gasteiger charge is 2.21. The number of hydrogen-bond donors (Lipinski definition) is 0. The van der Waals surface area contributed by atoms with Gasteiger partial charge < -0.3 is 0 Å². The van der Waals surface area contributed by atoms with Crippen molar-refractivity contribution in [1.29, 1.82) is 5.26 Å². The third kappa shape index (κ3) is 2.44. The van der Waals surface area contributed by atoms with Crippen molar-refractivity contribution in [2.45, 2.75) is 12.8 Å². The summed E-state index contributed by atoms with van der Waals surface area (Å²) < 4.78 is 1.55. The topological polar surface area (TPSA) is 66.9 Å². The van der Waals surface area contributed by atoms with E-state index in [1.54, 1.807) is 28.8 Å². The Labute approximate surface area is 130 Å². The van der Waals surface area contributed by atoms with Gasteiger partial charge in [0.1, 0.15) is 12.2 Å². The summed E-state index contributed by atoms with van der Waals surface area (Å²) in [7, 11) is 0. The number of fused-ring (bicyclic) bond motifs is 1. The number of hydrogen-bond acceptors (Lipinski definition) is 4. The minimum absolute atomic E-state index is 0.441. The largest absolute Gasteiger partial charge is 0.252 e. The molecule has 2 heterocycles. The van der Waals surface area contributed by atoms with Gasteiger partial charge in [-0.15, -0.1) is 0 Å². The summed E-state index contributed by atoms with van der Waals surface area (Å²) in [6.45, 7) is 1.84. The maximum absolute atomic E-state index is 9.59. The van der Waals surface area contributed by atoms with Crippen LogP contribution in [0.5, 0.6) is 0 Å². The maximum atomic E-state index is 9.59. The van der Waals surface area contributed by atoms with Gasteiger partial charge in [-0.1, -0.05) is 29.3 Å². The summed E-state index contributed by atoms with van der Waals surface area (Å²) in [6, 6.07) is 9.14. The molecule has 1 atom stereocenters. The van der Waals surface area contributed by atoms with Crippen LogP contribution in [-0.2, 0) is 0 Å². The van der Waals surface area contributed by atoms with Crippen LogP contribution in [0.25, 0.3) is 5.78 Å². The van der Waals surface area contributed by atoms with E-state index in [2.05, 4.69) is 21.1 Å². The summed E-state index contributed by atoms with van der Waals surface area (Å²) in [5.74, 6) is -0.129. The zero-order valence-electron chi connectivity index (χ0n) is 11.0. The van der Waals surface area contributed by atoms with Crippen LogP contribution < -0.4 is 0 Å². The van der Waals surface area contributed by atoms with E-state index in [0.29, 0.717) is 27.1 Å². The average Bonchev–Trinajstić information content (AvgIpc) is 2.89. The molecule has 0 spiro atoms. The van der Waals surface area contributed by atoms with Crippen molar-refractivity contribution in [3.8, 4) is 6.07 Å². The van der Waals surface area contributed by atoms with Crippen molar-refractivity contribution >= 4 is 29.0 Å². The zero-order valence-corrected chi connectivity index (χ0v) is 12.5. The van der Waals surface area contributed by atoms with Crippen LogP contribution in [0, 0.1) is 18.3 Å². The molecule has 0 radical (unpaired) electrons. The predicted molar refractivity (Wildman–Crippen MR) is 79.4 cm³/mol. The minimum Gasteiger partial charge on any atom is -0.216 e. The molecular weight excluding hydrogens is 309 g/mol. The summed E-state index contributed by atoms with van der Waals surface area (Å²) in [5.41, 5.74) is 2.10. The Balaban J connectivity index is 2.23. The second kappa shape index (κ2) is 5.32. The molecule has 104 valence electrons. The number of nitrogens with zero attached hydrogens (tertiary/aromatic N) is 5. The van der Waals surface area contributed by atoms with E-state index >= 15 is 0 Å². The van der Waals surface area contributed by atoms with Crippen LogP contribution in [0.2, 0.25) is 10.0 Å². The van der Waals surface area contributed by atoms with Gasteiger partial charge in [0.2, 0.25) is 0 Å². The Morgan fingerprint density at radius 1 is 1.29 bits per heavy atom. The number of aromatic nitrogens is 4. The lowest BCUT2D eigenvalue weighted by Gasteiger charge is -2.13. The molecule has 3 rings (SSSR count). The lowest BCUT2D eigenvalue weighted by Crippen LogP contribution is -2.09. The molecule has 1 aromatic carbocycles. The molecular formula is C14H9Cl2N5. The third-order valence-electron chi connectivity index (χ3n) is 3.11. The van der Waals surface area contributed by atoms with Gasteiger partial charge in [0.25, 0.3) is 5.78 Å². The zero-order chi connectivity index (χ0) is 15.0. The van der Waals surface area contributed by atoms with E-state index < -0.39 is 5.92 Å². The molecule has 5 nitrogen and oxygen atoms in total. The Bertz CT molecular complexity index is 865. The lowest BCUT2D eigenvalue weighted by molar-refractivity contribution is 0.818. The van der Waals surface area contributed by atoms with E-state index in [9.17, 15) is 5.26 Å². The molecule has 0 unspecified atom stereocenters. The number of aryl methyl sites for hydroxylation is 1. The molecule has 2 aromatic heterocycles. The van der Waals surface area contributed by atoms with Crippen molar-refractivity contribution in [2.75, 3.05) is 0 Å². The van der Waals surface area contributed by atoms with E-state index in [0.717, 1.165) is 5.69 Å². The van der Waals surface area contributed by atoms with Crippen molar-refractivity contribution in [1.82, 2.24) is 19.6 Å². The summed E-state index contributed by atoms with van der Waals surface area (Å²) >= 11 is 12.1. The van der Waals surface area contributed by atoms with Gasteiger partial charge in [0.05, 0.1) is 11.8 Å². The molecule has 0 aliphatic heterocycles. The molecule has 0 N–H and O–H groups in total. The smallest absolute Gasteiger partial charge is 0.216 e. The first-order valence-electron chi connectivity index (χ1n) is 6.12. The molecule has 0 fully saturated rings. The van der Waals surface area contributed by atoms with Crippen LogP contribution in [0.4, 0.5) is 0 Å². The number of benzene rings is 1. The molecule has 0 aliphatic carbocycles. The molecule has 0 amide bonds. The maximum Gasteiger partial charge on any atom is 0.252 e. The highest BCUT2D eigenvalue weighted by atomic mass is 35.5. The normalized spacial score (nSPS) is 12.3. The Kier molecular flexibility index (Phi) is 3.50. The van der Waals surface area contributed by atoms with Gasteiger partial charge in [-0.05, 0) is 30.7 Å². The molecule has 3 aromatic rings. The van der Waals surface area contributed by atoms with Crippen molar-refractivity contribution in [2.24, 2.45) is 0 Å². The Morgan fingerprint density at radius 3 is 2.81 bits per heavy atom. The summed E-state index contributed by atoms with van der Waals surface area (Å²) in [4.78, 5) is 8.33. The van der Waals surface area contributed by atoms with Crippen molar-refractivity contribution in [3.05, 3.63) is 57.6 Å². The molecule has 21 heavy (non-hydrogen) atoms. The van der Waals surface area contributed by atoms with Crippen LogP contribution in [-0.4, -0.2) is 19.6 Å². The highest BCUT2D eigenvalue weighted by molar-refractivity contribution is 6.35. The van der Waals surface area contributed by atoms with E-state index in [1.807, 2.05) is 6.92 Å². The van der Waals surface area contributed by atoms with Gasteiger partial charge in [-0.2, -0.15) is 19.9 Å². The number of halogens is 2. The van der Waals surface area contributed by atoms with Crippen LogP contribution in [0.1, 0.15) is 22.9 Å². The predicted octanol–water partition coefficient (Wildman–Crippen LogP) is 3.40. The third-order valence-corrected chi connectivity index (χ3v) is 3.67. The Hall–Kier alpha value is -2.16. The van der Waals surface area contributed by atoms with Crippen molar-refractivity contribution < 1.29 is 0 Å². The second-order valence-corrected chi connectivity index (χ2v) is 5.37. The van der Waals surface area contributed by atoms with Gasteiger partial charge >= 0.3 is 0 Å². The molecule has 0 saturated heterocycles. The Morgan fingerprint density at radius 2 is 2.10 bits per heavy atom. The van der Waals surface area contributed by atoms with Crippen molar-refractivity contribution in [3.63, 3.8) is 0 Å². The monoisotopic (exact) mass is 317 g/mol. The highest BCUT2D eigenvalue weighted by Crippen LogP contribution is 2.31. The van der Waals surface area contributed by atoms with Crippen LogP contribution in [0.15, 0.2) is 30.6 Å².